The molecule has 0 bridgehead atoms. The fourth-order valence-corrected chi connectivity index (χ4v) is 1.21. The van der Waals surface area contributed by atoms with E-state index in [1.54, 1.807) is 6.20 Å². The molecule has 0 atom stereocenters. The number of aliphatic hydroxyl groups is 1. The first-order chi connectivity index (χ1) is 6.76. The number of hydrogen-bond donors (Lipinski definition) is 3. The van der Waals surface area contributed by atoms with Crippen molar-refractivity contribution in [3.05, 3.63) is 23.9 Å². The van der Waals surface area contributed by atoms with Gasteiger partial charge in [0, 0.05) is 19.3 Å². The largest absolute Gasteiger partial charge is 0.395 e. The zero-order valence-corrected chi connectivity index (χ0v) is 8.27. The van der Waals surface area contributed by atoms with Crippen LogP contribution in [-0.4, -0.2) is 35.2 Å². The monoisotopic (exact) mass is 196 g/mol. The normalized spacial score (nSPS) is 10.6. The van der Waals surface area contributed by atoms with Crippen LogP contribution < -0.4 is 11.3 Å². The van der Waals surface area contributed by atoms with E-state index in [1.807, 2.05) is 24.1 Å². The topological polar surface area (TPSA) is 74.4 Å². The van der Waals surface area contributed by atoms with Crippen molar-refractivity contribution >= 4 is 5.82 Å². The van der Waals surface area contributed by atoms with E-state index in [0.717, 1.165) is 12.1 Å². The van der Waals surface area contributed by atoms with E-state index in [4.69, 9.17) is 10.9 Å². The first kappa shape index (κ1) is 10.9. The van der Waals surface area contributed by atoms with Gasteiger partial charge >= 0.3 is 0 Å². The fourth-order valence-electron chi connectivity index (χ4n) is 1.21. The van der Waals surface area contributed by atoms with Gasteiger partial charge in [0.15, 0.2) is 0 Å². The molecule has 0 radical (unpaired) electrons. The summed E-state index contributed by atoms with van der Waals surface area (Å²) in [7, 11) is 1.95. The molecule has 1 aromatic rings. The zero-order chi connectivity index (χ0) is 10.4. The second-order valence-corrected chi connectivity index (χ2v) is 3.16. The molecule has 0 amide bonds. The Labute approximate surface area is 83.5 Å². The summed E-state index contributed by atoms with van der Waals surface area (Å²) in [5.74, 6) is 5.89. The Balaban J connectivity index is 2.57. The summed E-state index contributed by atoms with van der Waals surface area (Å²) in [5.41, 5.74) is 3.61. The second kappa shape index (κ2) is 5.54. The van der Waals surface area contributed by atoms with E-state index in [-0.39, 0.29) is 6.61 Å². The smallest absolute Gasteiger partial charge is 0.140 e. The molecule has 1 heterocycles. The SMILES string of the molecule is CN(CCO)Cc1ccnc(NN)c1. The first-order valence-corrected chi connectivity index (χ1v) is 4.47. The molecule has 5 heteroatoms. The van der Waals surface area contributed by atoms with E-state index in [9.17, 15) is 0 Å². The molecule has 0 unspecified atom stereocenters. The maximum absolute atomic E-state index is 8.73. The van der Waals surface area contributed by atoms with Crippen LogP contribution >= 0.6 is 0 Å². The number of rotatable bonds is 5. The van der Waals surface area contributed by atoms with Gasteiger partial charge in [-0.15, -0.1) is 0 Å². The summed E-state index contributed by atoms with van der Waals surface area (Å²) < 4.78 is 0. The molecule has 1 rings (SSSR count). The summed E-state index contributed by atoms with van der Waals surface area (Å²) in [6.07, 6.45) is 1.71. The Kier molecular flexibility index (Phi) is 4.31. The molecule has 0 aliphatic heterocycles. The molecule has 0 aliphatic rings. The Morgan fingerprint density at radius 1 is 1.64 bits per heavy atom. The van der Waals surface area contributed by atoms with E-state index in [0.29, 0.717) is 12.4 Å². The number of nitrogens with one attached hydrogen (secondary N) is 1. The maximum Gasteiger partial charge on any atom is 0.140 e. The average Bonchev–Trinajstić information content (AvgIpc) is 2.18. The number of aliphatic hydroxyl groups excluding tert-OH is 1. The number of nitrogen functional groups attached to an aromatic ring is 1. The lowest BCUT2D eigenvalue weighted by atomic mass is 10.2. The van der Waals surface area contributed by atoms with Gasteiger partial charge in [-0.2, -0.15) is 0 Å². The van der Waals surface area contributed by atoms with Gasteiger partial charge in [-0.3, -0.25) is 4.90 Å². The van der Waals surface area contributed by atoms with Crippen LogP contribution in [0.15, 0.2) is 18.3 Å². The van der Waals surface area contributed by atoms with Crippen molar-refractivity contribution in [2.75, 3.05) is 25.6 Å². The van der Waals surface area contributed by atoms with Crippen LogP contribution in [0.2, 0.25) is 0 Å². The molecular formula is C9H16N4O. The van der Waals surface area contributed by atoms with Gasteiger partial charge in [0.25, 0.3) is 0 Å². The lowest BCUT2D eigenvalue weighted by molar-refractivity contribution is 0.217. The number of anilines is 1. The lowest BCUT2D eigenvalue weighted by Crippen LogP contribution is -2.21. The highest BCUT2D eigenvalue weighted by atomic mass is 16.3. The minimum atomic E-state index is 0.170. The molecule has 4 N–H and O–H groups in total. The number of likely N-dealkylation sites (N-methyl/N-ethyl adjacent to an activating group) is 1. The number of aromatic nitrogens is 1. The Bertz CT molecular complexity index is 279. The molecule has 0 saturated carbocycles. The molecule has 0 spiro atoms. The maximum atomic E-state index is 8.73. The molecule has 0 fully saturated rings. The van der Waals surface area contributed by atoms with Crippen LogP contribution in [0.3, 0.4) is 0 Å². The summed E-state index contributed by atoms with van der Waals surface area (Å²) in [4.78, 5) is 6.03. The van der Waals surface area contributed by atoms with Gasteiger partial charge in [0.1, 0.15) is 5.82 Å². The van der Waals surface area contributed by atoms with Gasteiger partial charge in [-0.1, -0.05) is 0 Å². The van der Waals surface area contributed by atoms with Crippen LogP contribution in [0.5, 0.6) is 0 Å². The third-order valence-corrected chi connectivity index (χ3v) is 1.91. The second-order valence-electron chi connectivity index (χ2n) is 3.16. The van der Waals surface area contributed by atoms with Gasteiger partial charge in [0.2, 0.25) is 0 Å². The molecule has 0 saturated heterocycles. The molecule has 1 aromatic heterocycles. The van der Waals surface area contributed by atoms with E-state index in [1.165, 1.54) is 0 Å². The van der Waals surface area contributed by atoms with Gasteiger partial charge in [-0.25, -0.2) is 10.8 Å². The van der Waals surface area contributed by atoms with E-state index in [2.05, 4.69) is 10.4 Å². The molecule has 0 aromatic carbocycles. The van der Waals surface area contributed by atoms with E-state index >= 15 is 0 Å². The molecule has 14 heavy (non-hydrogen) atoms. The predicted octanol–water partition coefficient (Wildman–Crippen LogP) is -0.209. The predicted molar refractivity (Wildman–Crippen MR) is 55.5 cm³/mol. The van der Waals surface area contributed by atoms with Crippen LogP contribution in [0, 0.1) is 0 Å². The van der Waals surface area contributed by atoms with Crippen molar-refractivity contribution in [1.82, 2.24) is 9.88 Å². The van der Waals surface area contributed by atoms with Gasteiger partial charge in [0.05, 0.1) is 6.61 Å². The number of nitrogens with zero attached hydrogens (tertiary/aromatic N) is 2. The fraction of sp³-hybridized carbons (Fsp3) is 0.444. The highest BCUT2D eigenvalue weighted by Gasteiger charge is 2.00. The third-order valence-electron chi connectivity index (χ3n) is 1.91. The number of nitrogens with two attached hydrogens (primary N) is 1. The van der Waals surface area contributed by atoms with Crippen LogP contribution in [0.25, 0.3) is 0 Å². The molecular weight excluding hydrogens is 180 g/mol. The highest BCUT2D eigenvalue weighted by Crippen LogP contribution is 2.07. The third kappa shape index (κ3) is 3.29. The number of hydrazine groups is 1. The van der Waals surface area contributed by atoms with Gasteiger partial charge in [-0.05, 0) is 24.7 Å². The molecule has 78 valence electrons. The van der Waals surface area contributed by atoms with Crippen molar-refractivity contribution in [3.63, 3.8) is 0 Å². The van der Waals surface area contributed by atoms with Crippen molar-refractivity contribution in [1.29, 1.82) is 0 Å². The Hall–Kier alpha value is -1.17. The van der Waals surface area contributed by atoms with Crippen molar-refractivity contribution in [3.8, 4) is 0 Å². The highest BCUT2D eigenvalue weighted by molar-refractivity contribution is 5.35. The zero-order valence-electron chi connectivity index (χ0n) is 8.27. The minimum Gasteiger partial charge on any atom is -0.395 e. The van der Waals surface area contributed by atoms with E-state index < -0.39 is 0 Å². The minimum absolute atomic E-state index is 0.170. The van der Waals surface area contributed by atoms with Crippen molar-refractivity contribution in [2.24, 2.45) is 5.84 Å². The van der Waals surface area contributed by atoms with Crippen molar-refractivity contribution < 1.29 is 5.11 Å². The Morgan fingerprint density at radius 3 is 3.07 bits per heavy atom. The summed E-state index contributed by atoms with van der Waals surface area (Å²) >= 11 is 0. The Morgan fingerprint density at radius 2 is 2.43 bits per heavy atom. The standard InChI is InChI=1S/C9H16N4O/c1-13(4-5-14)7-8-2-3-11-9(6-8)12-10/h2-3,6,14H,4-5,7,10H2,1H3,(H,11,12). The lowest BCUT2D eigenvalue weighted by Gasteiger charge is -2.15. The van der Waals surface area contributed by atoms with Crippen molar-refractivity contribution in [2.45, 2.75) is 6.54 Å². The van der Waals surface area contributed by atoms with Crippen LogP contribution in [0.1, 0.15) is 5.56 Å². The summed E-state index contributed by atoms with van der Waals surface area (Å²) in [6.45, 7) is 1.61. The van der Waals surface area contributed by atoms with Crippen LogP contribution in [-0.2, 0) is 6.54 Å². The quantitative estimate of drug-likeness (QED) is 0.449. The number of hydrogen-bond acceptors (Lipinski definition) is 5. The molecule has 5 nitrogen and oxygen atoms in total. The average molecular weight is 196 g/mol. The van der Waals surface area contributed by atoms with Crippen LogP contribution in [0.4, 0.5) is 5.82 Å². The number of pyridine rings is 1. The molecule has 0 aliphatic carbocycles. The van der Waals surface area contributed by atoms with Gasteiger partial charge < -0.3 is 10.5 Å². The first-order valence-electron chi connectivity index (χ1n) is 4.47. The summed E-state index contributed by atoms with van der Waals surface area (Å²) in [6, 6.07) is 3.81. The summed E-state index contributed by atoms with van der Waals surface area (Å²) in [5, 5.41) is 8.73.